The average molecular weight is 430 g/mol. The van der Waals surface area contributed by atoms with Gasteiger partial charge in [-0.05, 0) is 42.5 Å². The van der Waals surface area contributed by atoms with Crippen molar-refractivity contribution in [3.05, 3.63) is 44.2 Å². The summed E-state index contributed by atoms with van der Waals surface area (Å²) >= 11 is 3.42. The van der Waals surface area contributed by atoms with Crippen LogP contribution in [-0.2, 0) is 0 Å². The number of likely N-dealkylation sites (tertiary alicyclic amines) is 1. The molecule has 1 aromatic carbocycles. The summed E-state index contributed by atoms with van der Waals surface area (Å²) in [6.07, 6.45) is 0.724. The fourth-order valence-corrected chi connectivity index (χ4v) is 3.64. The lowest BCUT2D eigenvalue weighted by Crippen LogP contribution is -2.54. The Morgan fingerprint density at radius 1 is 1.40 bits per heavy atom. The second-order valence-corrected chi connectivity index (χ2v) is 8.06. The van der Waals surface area contributed by atoms with Crippen molar-refractivity contribution in [3.8, 4) is 0 Å². The van der Waals surface area contributed by atoms with Crippen LogP contribution in [0.5, 0.6) is 0 Å². The van der Waals surface area contributed by atoms with Crippen LogP contribution in [0, 0.1) is 12.3 Å². The summed E-state index contributed by atoms with van der Waals surface area (Å²) in [6, 6.07) is 5.44. The van der Waals surface area contributed by atoms with Crippen molar-refractivity contribution in [2.24, 2.45) is 11.1 Å². The number of carbonyl (C=O) groups excluding carboxylic acids is 1. The Morgan fingerprint density at radius 3 is 2.72 bits per heavy atom. The first kappa shape index (κ1) is 19.9. The van der Waals surface area contributed by atoms with E-state index in [4.69, 9.17) is 10.2 Å². The summed E-state index contributed by atoms with van der Waals surface area (Å²) in [5.74, 6) is -0.275. The van der Waals surface area contributed by atoms with Gasteiger partial charge in [0.25, 0.3) is 5.91 Å². The van der Waals surface area contributed by atoms with Gasteiger partial charge in [-0.25, -0.2) is 4.79 Å². The Hall–Kier alpha value is -1.37. The van der Waals surface area contributed by atoms with Crippen LogP contribution in [0.1, 0.15) is 36.2 Å². The van der Waals surface area contributed by atoms with Crippen molar-refractivity contribution in [3.63, 3.8) is 0 Å². The third-order valence-electron chi connectivity index (χ3n) is 4.94. The van der Waals surface area contributed by atoms with Crippen LogP contribution in [-0.4, -0.2) is 29.9 Å². The summed E-state index contributed by atoms with van der Waals surface area (Å²) < 4.78 is 6.24. The van der Waals surface area contributed by atoms with E-state index in [-0.39, 0.29) is 35.3 Å². The normalized spacial score (nSPS) is 19.6. The van der Waals surface area contributed by atoms with Crippen molar-refractivity contribution in [2.75, 3.05) is 13.1 Å². The predicted molar refractivity (Wildman–Crippen MR) is 104 cm³/mol. The number of carbonyl (C=O) groups is 1. The molecule has 2 heterocycles. The van der Waals surface area contributed by atoms with Gasteiger partial charge in [0.15, 0.2) is 0 Å². The highest BCUT2D eigenvalue weighted by Gasteiger charge is 2.36. The molecule has 5 nitrogen and oxygen atoms in total. The van der Waals surface area contributed by atoms with Crippen LogP contribution in [0.25, 0.3) is 11.0 Å². The lowest BCUT2D eigenvalue weighted by atomic mass is 9.79. The maximum Gasteiger partial charge on any atom is 0.349 e. The Bertz CT molecular complexity index is 878. The molecule has 0 spiro atoms. The number of nitrogens with zero attached hydrogens (tertiary/aromatic N) is 1. The molecule has 1 unspecified atom stereocenters. The van der Waals surface area contributed by atoms with Gasteiger partial charge in [-0.15, -0.1) is 12.4 Å². The molecule has 1 amide bonds. The standard InChI is InChI=1S/C18H21BrN2O3.ClH/c1-10-12-8-11(19)4-5-13(12)24-17(23)15(10)16(22)21-7-6-14(20)18(2,3)9-21;/h4-5,8,14H,6-7,9,20H2,1-3H3;1H. The van der Waals surface area contributed by atoms with Crippen LogP contribution in [0.3, 0.4) is 0 Å². The molecule has 1 aromatic heterocycles. The SMILES string of the molecule is Cc1c(C(=O)N2CCC(N)C(C)(C)C2)c(=O)oc2ccc(Br)cc12.Cl. The van der Waals surface area contributed by atoms with Crippen molar-refractivity contribution in [1.29, 1.82) is 0 Å². The first-order valence-electron chi connectivity index (χ1n) is 7.98. The third kappa shape index (κ3) is 3.61. The molecule has 3 rings (SSSR count). The van der Waals surface area contributed by atoms with Gasteiger partial charge in [-0.2, -0.15) is 0 Å². The second-order valence-electron chi connectivity index (χ2n) is 7.14. The van der Waals surface area contributed by atoms with Crippen LogP contribution in [0.2, 0.25) is 0 Å². The number of hydrogen-bond donors (Lipinski definition) is 1. The summed E-state index contributed by atoms with van der Waals surface area (Å²) in [7, 11) is 0. The van der Waals surface area contributed by atoms with Gasteiger partial charge < -0.3 is 15.1 Å². The van der Waals surface area contributed by atoms with Crippen LogP contribution >= 0.6 is 28.3 Å². The van der Waals surface area contributed by atoms with Gasteiger partial charge in [0.2, 0.25) is 0 Å². The zero-order chi connectivity index (χ0) is 17.6. The first-order chi connectivity index (χ1) is 11.2. The van der Waals surface area contributed by atoms with Crippen molar-refractivity contribution in [1.82, 2.24) is 4.90 Å². The van der Waals surface area contributed by atoms with E-state index in [9.17, 15) is 9.59 Å². The zero-order valence-corrected chi connectivity index (χ0v) is 16.9. The van der Waals surface area contributed by atoms with E-state index in [1.54, 1.807) is 24.0 Å². The number of piperidine rings is 1. The fourth-order valence-electron chi connectivity index (χ4n) is 3.28. The van der Waals surface area contributed by atoms with Gasteiger partial charge in [0, 0.05) is 29.0 Å². The number of nitrogens with two attached hydrogens (primary N) is 1. The monoisotopic (exact) mass is 428 g/mol. The lowest BCUT2D eigenvalue weighted by molar-refractivity contribution is 0.0528. The topological polar surface area (TPSA) is 76.5 Å². The quantitative estimate of drug-likeness (QED) is 0.704. The number of fused-ring (bicyclic) bond motifs is 1. The molecule has 0 saturated carbocycles. The Balaban J connectivity index is 0.00000225. The van der Waals surface area contributed by atoms with E-state index >= 15 is 0 Å². The number of aryl methyl sites for hydroxylation is 1. The number of rotatable bonds is 1. The fraction of sp³-hybridized carbons (Fsp3) is 0.444. The summed E-state index contributed by atoms with van der Waals surface area (Å²) in [4.78, 5) is 27.1. The van der Waals surface area contributed by atoms with Crippen molar-refractivity contribution < 1.29 is 9.21 Å². The van der Waals surface area contributed by atoms with Crippen LogP contribution in [0.4, 0.5) is 0 Å². The number of hydrogen-bond acceptors (Lipinski definition) is 4. The molecular weight excluding hydrogens is 408 g/mol. The van der Waals surface area contributed by atoms with Gasteiger partial charge in [0.1, 0.15) is 11.1 Å². The van der Waals surface area contributed by atoms with E-state index < -0.39 is 5.63 Å². The molecule has 1 aliphatic heterocycles. The van der Waals surface area contributed by atoms with Crippen molar-refractivity contribution >= 4 is 45.2 Å². The van der Waals surface area contributed by atoms with Gasteiger partial charge in [-0.1, -0.05) is 29.8 Å². The molecule has 2 N–H and O–H groups in total. The smallest absolute Gasteiger partial charge is 0.349 e. The highest BCUT2D eigenvalue weighted by atomic mass is 79.9. The Kier molecular flexibility index (Phi) is 5.66. The average Bonchev–Trinajstić information content (AvgIpc) is 2.50. The predicted octanol–water partition coefficient (Wildman–Crippen LogP) is 3.49. The molecule has 7 heteroatoms. The van der Waals surface area contributed by atoms with Crippen LogP contribution < -0.4 is 11.4 Å². The van der Waals surface area contributed by atoms with Crippen LogP contribution in [0.15, 0.2) is 31.9 Å². The molecule has 1 atom stereocenters. The largest absolute Gasteiger partial charge is 0.422 e. The molecule has 1 fully saturated rings. The van der Waals surface area contributed by atoms with Gasteiger partial charge in [0.05, 0.1) is 0 Å². The molecule has 0 bridgehead atoms. The molecule has 0 aliphatic carbocycles. The summed E-state index contributed by atoms with van der Waals surface area (Å²) in [5, 5.41) is 0.764. The minimum absolute atomic E-state index is 0. The number of amides is 1. The van der Waals surface area contributed by atoms with E-state index in [0.717, 1.165) is 16.3 Å². The first-order valence-corrected chi connectivity index (χ1v) is 8.78. The molecule has 25 heavy (non-hydrogen) atoms. The molecule has 2 aromatic rings. The number of halogens is 2. The van der Waals surface area contributed by atoms with E-state index in [1.807, 2.05) is 19.9 Å². The maximum absolute atomic E-state index is 13.0. The maximum atomic E-state index is 13.0. The molecule has 1 aliphatic rings. The van der Waals surface area contributed by atoms with Crippen molar-refractivity contribution in [2.45, 2.75) is 33.2 Å². The molecule has 136 valence electrons. The second kappa shape index (κ2) is 7.09. The molecular formula is C18H22BrClN2O3. The Morgan fingerprint density at radius 2 is 2.08 bits per heavy atom. The van der Waals surface area contributed by atoms with Gasteiger partial charge in [-0.3, -0.25) is 4.79 Å². The van der Waals surface area contributed by atoms with E-state index in [2.05, 4.69) is 15.9 Å². The minimum Gasteiger partial charge on any atom is -0.422 e. The summed E-state index contributed by atoms with van der Waals surface area (Å²) in [5.41, 5.74) is 6.63. The zero-order valence-electron chi connectivity index (χ0n) is 14.5. The van der Waals surface area contributed by atoms with Gasteiger partial charge >= 0.3 is 5.63 Å². The Labute approximate surface area is 161 Å². The van der Waals surface area contributed by atoms with E-state index in [0.29, 0.717) is 24.2 Å². The van der Waals surface area contributed by atoms with E-state index in [1.165, 1.54) is 0 Å². The number of benzene rings is 1. The summed E-state index contributed by atoms with van der Waals surface area (Å²) in [6.45, 7) is 6.97. The highest BCUT2D eigenvalue weighted by molar-refractivity contribution is 9.10. The lowest BCUT2D eigenvalue weighted by Gasteiger charge is -2.42. The minimum atomic E-state index is -0.583. The molecule has 1 saturated heterocycles. The molecule has 0 radical (unpaired) electrons. The third-order valence-corrected chi connectivity index (χ3v) is 5.43. The highest BCUT2D eigenvalue weighted by Crippen LogP contribution is 2.29.